The molecule has 0 radical (unpaired) electrons. The maximum atomic E-state index is 13.7. The molecular formula is C40H43N3O6. The van der Waals surface area contributed by atoms with Crippen LogP contribution in [0, 0.1) is 5.92 Å². The highest BCUT2D eigenvalue weighted by Gasteiger charge is 2.32. The van der Waals surface area contributed by atoms with Crippen molar-refractivity contribution in [3.8, 4) is 11.1 Å². The molecule has 1 aliphatic rings. The molecule has 5 rings (SSSR count). The van der Waals surface area contributed by atoms with E-state index < -0.39 is 42.0 Å². The molecule has 0 aromatic heterocycles. The first kappa shape index (κ1) is 34.9. The summed E-state index contributed by atoms with van der Waals surface area (Å²) >= 11 is 0. The smallest absolute Gasteiger partial charge is 0.407 e. The minimum Gasteiger partial charge on any atom is -0.459 e. The molecule has 3 amide bonds. The maximum Gasteiger partial charge on any atom is 0.407 e. The number of hydrogen-bond acceptors (Lipinski definition) is 6. The average molecular weight is 662 g/mol. The predicted molar refractivity (Wildman–Crippen MR) is 187 cm³/mol. The minimum absolute atomic E-state index is 0.0467. The van der Waals surface area contributed by atoms with Crippen LogP contribution in [-0.4, -0.2) is 48.6 Å². The molecule has 0 saturated carbocycles. The largest absolute Gasteiger partial charge is 0.459 e. The molecule has 254 valence electrons. The summed E-state index contributed by atoms with van der Waals surface area (Å²) in [6.07, 6.45) is -0.233. The molecule has 4 aromatic carbocycles. The fraction of sp³-hybridized carbons (Fsp3) is 0.300. The van der Waals surface area contributed by atoms with Crippen LogP contribution in [0.15, 0.2) is 109 Å². The summed E-state index contributed by atoms with van der Waals surface area (Å²) in [5.41, 5.74) is 6.04. The van der Waals surface area contributed by atoms with Crippen molar-refractivity contribution in [1.82, 2.24) is 16.0 Å². The minimum atomic E-state index is -1.03. The van der Waals surface area contributed by atoms with E-state index in [1.807, 2.05) is 111 Å². The van der Waals surface area contributed by atoms with Crippen molar-refractivity contribution in [2.75, 3.05) is 6.61 Å². The third-order valence-electron chi connectivity index (χ3n) is 8.51. The van der Waals surface area contributed by atoms with Crippen molar-refractivity contribution in [2.45, 2.75) is 64.3 Å². The first-order valence-electron chi connectivity index (χ1n) is 16.7. The molecule has 0 saturated heterocycles. The molecule has 0 unspecified atom stereocenters. The Labute approximate surface area is 287 Å². The molecule has 0 aliphatic heterocycles. The predicted octanol–water partition coefficient (Wildman–Crippen LogP) is 5.92. The third kappa shape index (κ3) is 9.34. The number of alkyl carbamates (subject to hydrolysis) is 1. The Hall–Kier alpha value is -5.44. The lowest BCUT2D eigenvalue weighted by molar-refractivity contribution is -0.148. The number of carbonyl (C=O) groups excluding carboxylic acids is 4. The first-order valence-corrected chi connectivity index (χ1v) is 16.7. The van der Waals surface area contributed by atoms with E-state index in [4.69, 9.17) is 9.47 Å². The van der Waals surface area contributed by atoms with Gasteiger partial charge in [-0.15, -0.1) is 0 Å². The Balaban J connectivity index is 1.23. The summed E-state index contributed by atoms with van der Waals surface area (Å²) in [6, 6.07) is 31.7. The van der Waals surface area contributed by atoms with E-state index in [-0.39, 0.29) is 31.5 Å². The van der Waals surface area contributed by atoms with E-state index in [0.29, 0.717) is 6.42 Å². The van der Waals surface area contributed by atoms with E-state index in [1.54, 1.807) is 0 Å². The SMILES string of the molecule is CC(C)C[C@H](NC(=O)OCC1c2ccccc2-c2ccccc21)C(=O)N[C@@H](Cc1ccccc1)C(=O)N[C@@H](C)C(=O)OCc1ccccc1. The molecule has 4 aromatic rings. The van der Waals surface area contributed by atoms with E-state index in [9.17, 15) is 19.2 Å². The number of esters is 1. The summed E-state index contributed by atoms with van der Waals surface area (Å²) in [5, 5.41) is 8.26. The van der Waals surface area contributed by atoms with Gasteiger partial charge in [0.15, 0.2) is 0 Å². The number of carbonyl (C=O) groups is 4. The number of rotatable bonds is 14. The van der Waals surface area contributed by atoms with Crippen LogP contribution < -0.4 is 16.0 Å². The van der Waals surface area contributed by atoms with E-state index >= 15 is 0 Å². The quantitative estimate of drug-likeness (QED) is 0.144. The van der Waals surface area contributed by atoms with E-state index in [2.05, 4.69) is 28.1 Å². The van der Waals surface area contributed by atoms with Crippen LogP contribution in [0.3, 0.4) is 0 Å². The van der Waals surface area contributed by atoms with Crippen molar-refractivity contribution in [1.29, 1.82) is 0 Å². The average Bonchev–Trinajstić information content (AvgIpc) is 3.43. The van der Waals surface area contributed by atoms with Gasteiger partial charge in [0.25, 0.3) is 0 Å². The number of hydrogen-bond donors (Lipinski definition) is 3. The second-order valence-corrected chi connectivity index (χ2v) is 12.7. The highest BCUT2D eigenvalue weighted by atomic mass is 16.5. The molecule has 0 fully saturated rings. The van der Waals surface area contributed by atoms with Gasteiger partial charge in [-0.2, -0.15) is 0 Å². The van der Waals surface area contributed by atoms with Crippen LogP contribution in [0.1, 0.15) is 55.4 Å². The van der Waals surface area contributed by atoms with E-state index in [1.165, 1.54) is 6.92 Å². The molecular weight excluding hydrogens is 618 g/mol. The molecule has 0 heterocycles. The first-order chi connectivity index (χ1) is 23.7. The van der Waals surface area contributed by atoms with Crippen LogP contribution in [0.2, 0.25) is 0 Å². The summed E-state index contributed by atoms with van der Waals surface area (Å²) in [5.74, 6) is -1.76. The lowest BCUT2D eigenvalue weighted by Gasteiger charge is -2.25. The highest BCUT2D eigenvalue weighted by Crippen LogP contribution is 2.44. The van der Waals surface area contributed by atoms with Crippen molar-refractivity contribution in [3.05, 3.63) is 131 Å². The Bertz CT molecular complexity index is 1700. The Morgan fingerprint density at radius 1 is 0.612 bits per heavy atom. The standard InChI is InChI=1S/C40H43N3O6/c1-26(2)22-35(43-40(47)49-25-34-32-20-12-10-18-30(32)31-19-11-13-21-33(31)34)38(45)42-36(23-28-14-6-4-7-15-28)37(44)41-27(3)39(46)48-24-29-16-8-5-9-17-29/h4-21,26-27,34-36H,22-25H2,1-3H3,(H,41,44)(H,42,45)(H,43,47)/t27-,35-,36-/m0/s1. The zero-order valence-corrected chi connectivity index (χ0v) is 28.1. The van der Waals surface area contributed by atoms with Crippen LogP contribution in [0.4, 0.5) is 4.79 Å². The van der Waals surface area contributed by atoms with Crippen molar-refractivity contribution in [2.24, 2.45) is 5.92 Å². The number of fused-ring (bicyclic) bond motifs is 3. The molecule has 0 spiro atoms. The molecule has 3 atom stereocenters. The molecule has 0 bridgehead atoms. The van der Waals surface area contributed by atoms with Gasteiger partial charge in [-0.3, -0.25) is 9.59 Å². The third-order valence-corrected chi connectivity index (χ3v) is 8.51. The molecule has 9 heteroatoms. The van der Waals surface area contributed by atoms with Crippen molar-refractivity contribution in [3.63, 3.8) is 0 Å². The second-order valence-electron chi connectivity index (χ2n) is 12.7. The maximum absolute atomic E-state index is 13.7. The van der Waals surface area contributed by atoms with Gasteiger partial charge >= 0.3 is 12.1 Å². The Kier molecular flexibility index (Phi) is 11.8. The van der Waals surface area contributed by atoms with E-state index in [0.717, 1.165) is 33.4 Å². The fourth-order valence-corrected chi connectivity index (χ4v) is 6.04. The Morgan fingerprint density at radius 3 is 1.73 bits per heavy atom. The van der Waals surface area contributed by atoms with Crippen molar-refractivity contribution < 1.29 is 28.7 Å². The van der Waals surface area contributed by atoms with Crippen molar-refractivity contribution >= 4 is 23.9 Å². The number of nitrogens with one attached hydrogen (secondary N) is 3. The zero-order valence-electron chi connectivity index (χ0n) is 28.1. The molecule has 3 N–H and O–H groups in total. The lowest BCUT2D eigenvalue weighted by atomic mass is 9.98. The van der Waals surface area contributed by atoms with Crippen LogP contribution in [0.5, 0.6) is 0 Å². The lowest BCUT2D eigenvalue weighted by Crippen LogP contribution is -2.56. The molecule has 9 nitrogen and oxygen atoms in total. The van der Waals surface area contributed by atoms with Gasteiger partial charge in [-0.25, -0.2) is 9.59 Å². The summed E-state index contributed by atoms with van der Waals surface area (Å²) in [4.78, 5) is 53.2. The van der Waals surface area contributed by atoms with Gasteiger partial charge in [-0.1, -0.05) is 123 Å². The van der Waals surface area contributed by atoms with Gasteiger partial charge in [0.2, 0.25) is 11.8 Å². The molecule has 49 heavy (non-hydrogen) atoms. The second kappa shape index (κ2) is 16.6. The van der Waals surface area contributed by atoms with Gasteiger partial charge < -0.3 is 25.4 Å². The number of ether oxygens (including phenoxy) is 2. The van der Waals surface area contributed by atoms with Gasteiger partial charge in [-0.05, 0) is 52.6 Å². The zero-order chi connectivity index (χ0) is 34.8. The summed E-state index contributed by atoms with van der Waals surface area (Å²) in [6.45, 7) is 5.59. The highest BCUT2D eigenvalue weighted by molar-refractivity contribution is 5.93. The normalized spacial score (nSPS) is 13.7. The molecule has 1 aliphatic carbocycles. The number of benzene rings is 4. The van der Waals surface area contributed by atoms with Crippen LogP contribution in [0.25, 0.3) is 11.1 Å². The van der Waals surface area contributed by atoms with Crippen LogP contribution >= 0.6 is 0 Å². The van der Waals surface area contributed by atoms with Crippen LogP contribution in [-0.2, 0) is 36.9 Å². The fourth-order valence-electron chi connectivity index (χ4n) is 6.04. The monoisotopic (exact) mass is 661 g/mol. The Morgan fingerprint density at radius 2 is 1.14 bits per heavy atom. The van der Waals surface area contributed by atoms with Gasteiger partial charge in [0, 0.05) is 12.3 Å². The topological polar surface area (TPSA) is 123 Å². The summed E-state index contributed by atoms with van der Waals surface area (Å²) in [7, 11) is 0. The van der Waals surface area contributed by atoms with Gasteiger partial charge in [0.05, 0.1) is 0 Å². The summed E-state index contributed by atoms with van der Waals surface area (Å²) < 4.78 is 11.1. The van der Waals surface area contributed by atoms with Gasteiger partial charge in [0.1, 0.15) is 31.3 Å². The number of amides is 3.